The van der Waals surface area contributed by atoms with Crippen molar-refractivity contribution in [1.82, 2.24) is 10.5 Å². The van der Waals surface area contributed by atoms with E-state index in [0.717, 1.165) is 49.8 Å². The Morgan fingerprint density at radius 3 is 2.68 bits per heavy atom. The van der Waals surface area contributed by atoms with Crippen molar-refractivity contribution in [2.24, 2.45) is 5.73 Å². The van der Waals surface area contributed by atoms with E-state index in [-0.39, 0.29) is 29.6 Å². The van der Waals surface area contributed by atoms with Gasteiger partial charge in [0.15, 0.2) is 5.69 Å². The van der Waals surface area contributed by atoms with Gasteiger partial charge in [-0.05, 0) is 69.2 Å². The van der Waals surface area contributed by atoms with E-state index in [2.05, 4.69) is 15.8 Å². The van der Waals surface area contributed by atoms with Crippen LogP contribution in [0.15, 0.2) is 28.8 Å². The SMILES string of the molecule is Cc1cc(NC(=O)c2cc(C3CC3)on2)ccc1C(=O)NC1CCCC(N)C1. The quantitative estimate of drug-likeness (QED) is 0.736. The number of anilines is 1. The van der Waals surface area contributed by atoms with Crippen LogP contribution in [0.5, 0.6) is 0 Å². The van der Waals surface area contributed by atoms with Gasteiger partial charge in [0.1, 0.15) is 5.76 Å². The van der Waals surface area contributed by atoms with Crippen molar-refractivity contribution in [3.8, 4) is 0 Å². The van der Waals surface area contributed by atoms with Crippen molar-refractivity contribution >= 4 is 17.5 Å². The second kappa shape index (κ2) is 7.75. The van der Waals surface area contributed by atoms with E-state index in [9.17, 15) is 9.59 Å². The molecular weight excluding hydrogens is 356 g/mol. The Morgan fingerprint density at radius 1 is 1.14 bits per heavy atom. The molecule has 2 amide bonds. The summed E-state index contributed by atoms with van der Waals surface area (Å²) in [6.45, 7) is 1.86. The summed E-state index contributed by atoms with van der Waals surface area (Å²) in [6, 6.07) is 7.26. The number of nitrogens with one attached hydrogen (secondary N) is 2. The van der Waals surface area contributed by atoms with E-state index < -0.39 is 0 Å². The smallest absolute Gasteiger partial charge is 0.277 e. The number of hydrogen-bond acceptors (Lipinski definition) is 5. The molecule has 0 aliphatic heterocycles. The summed E-state index contributed by atoms with van der Waals surface area (Å²) in [5.41, 5.74) is 8.30. The highest BCUT2D eigenvalue weighted by molar-refractivity contribution is 6.03. The van der Waals surface area contributed by atoms with Crippen molar-refractivity contribution < 1.29 is 14.1 Å². The molecule has 1 aromatic heterocycles. The fourth-order valence-corrected chi connectivity index (χ4v) is 3.77. The molecule has 0 spiro atoms. The van der Waals surface area contributed by atoms with Crippen LogP contribution >= 0.6 is 0 Å². The minimum absolute atomic E-state index is 0.0972. The van der Waals surface area contributed by atoms with Gasteiger partial charge in [-0.3, -0.25) is 9.59 Å². The number of carbonyl (C=O) groups is 2. The normalized spacial score (nSPS) is 21.9. The Morgan fingerprint density at radius 2 is 1.96 bits per heavy atom. The van der Waals surface area contributed by atoms with Crippen molar-refractivity contribution in [1.29, 1.82) is 0 Å². The molecule has 4 N–H and O–H groups in total. The molecule has 7 heteroatoms. The molecule has 1 aromatic carbocycles. The maximum Gasteiger partial charge on any atom is 0.277 e. The minimum atomic E-state index is -0.316. The Kier molecular flexibility index (Phi) is 5.17. The van der Waals surface area contributed by atoms with E-state index in [1.165, 1.54) is 0 Å². The summed E-state index contributed by atoms with van der Waals surface area (Å²) >= 11 is 0. The van der Waals surface area contributed by atoms with Gasteiger partial charge in [0.05, 0.1) is 0 Å². The van der Waals surface area contributed by atoms with Crippen molar-refractivity contribution in [2.45, 2.75) is 63.5 Å². The van der Waals surface area contributed by atoms with Crippen LogP contribution in [0.2, 0.25) is 0 Å². The minimum Gasteiger partial charge on any atom is -0.360 e. The molecule has 2 fully saturated rings. The van der Waals surface area contributed by atoms with Gasteiger partial charge in [0, 0.05) is 35.3 Å². The van der Waals surface area contributed by atoms with Gasteiger partial charge in [-0.15, -0.1) is 0 Å². The number of aromatic nitrogens is 1. The average Bonchev–Trinajstić information content (AvgIpc) is 3.38. The summed E-state index contributed by atoms with van der Waals surface area (Å²) in [6.07, 6.45) is 6.03. The number of hydrogen-bond donors (Lipinski definition) is 3. The monoisotopic (exact) mass is 382 g/mol. The Bertz CT molecular complexity index is 888. The number of amides is 2. The third kappa shape index (κ3) is 4.25. The van der Waals surface area contributed by atoms with E-state index in [0.29, 0.717) is 17.2 Å². The van der Waals surface area contributed by atoms with Gasteiger partial charge >= 0.3 is 0 Å². The number of nitrogens with zero attached hydrogens (tertiary/aromatic N) is 1. The molecule has 2 aliphatic carbocycles. The maximum absolute atomic E-state index is 12.6. The molecule has 148 valence electrons. The van der Waals surface area contributed by atoms with Gasteiger partial charge in [0.2, 0.25) is 0 Å². The highest BCUT2D eigenvalue weighted by atomic mass is 16.5. The first-order chi connectivity index (χ1) is 13.5. The van der Waals surface area contributed by atoms with Gasteiger partial charge in [0.25, 0.3) is 11.8 Å². The third-order valence-corrected chi connectivity index (χ3v) is 5.52. The summed E-state index contributed by atoms with van der Waals surface area (Å²) in [4.78, 5) is 25.0. The van der Waals surface area contributed by atoms with Crippen LogP contribution in [-0.2, 0) is 0 Å². The number of benzene rings is 1. The molecule has 0 saturated heterocycles. The molecule has 4 rings (SSSR count). The Hall–Kier alpha value is -2.67. The molecule has 1 heterocycles. The van der Waals surface area contributed by atoms with Gasteiger partial charge in [-0.2, -0.15) is 0 Å². The van der Waals surface area contributed by atoms with Crippen LogP contribution < -0.4 is 16.4 Å². The lowest BCUT2D eigenvalue weighted by Gasteiger charge is -2.27. The largest absolute Gasteiger partial charge is 0.360 e. The topological polar surface area (TPSA) is 110 Å². The van der Waals surface area contributed by atoms with Crippen LogP contribution in [0.3, 0.4) is 0 Å². The maximum atomic E-state index is 12.6. The van der Waals surface area contributed by atoms with Crippen LogP contribution in [0.4, 0.5) is 5.69 Å². The summed E-state index contributed by atoms with van der Waals surface area (Å²) in [5.74, 6) is 0.770. The number of carbonyl (C=O) groups excluding carboxylic acids is 2. The van der Waals surface area contributed by atoms with E-state index in [1.54, 1.807) is 24.3 Å². The zero-order valence-electron chi connectivity index (χ0n) is 16.0. The first kappa shape index (κ1) is 18.7. The number of rotatable bonds is 5. The van der Waals surface area contributed by atoms with E-state index >= 15 is 0 Å². The van der Waals surface area contributed by atoms with Gasteiger partial charge in [-0.25, -0.2) is 0 Å². The molecule has 2 unspecified atom stereocenters. The predicted octanol–water partition coefficient (Wildman–Crippen LogP) is 3.11. The summed E-state index contributed by atoms with van der Waals surface area (Å²) in [5, 5.41) is 9.75. The standard InChI is InChI=1S/C21H26N4O3/c1-12-9-16(24-21(27)18-11-19(28-25-18)13-5-6-13)7-8-17(12)20(26)23-15-4-2-3-14(22)10-15/h7-9,11,13-15H,2-6,10,22H2,1H3,(H,23,26)(H,24,27). The fourth-order valence-electron chi connectivity index (χ4n) is 3.77. The third-order valence-electron chi connectivity index (χ3n) is 5.52. The van der Waals surface area contributed by atoms with E-state index in [1.807, 2.05) is 6.92 Å². The molecule has 2 aromatic rings. The molecule has 2 aliphatic rings. The fraction of sp³-hybridized carbons (Fsp3) is 0.476. The number of nitrogens with two attached hydrogens (primary N) is 1. The van der Waals surface area contributed by atoms with Crippen LogP contribution in [0.1, 0.15) is 76.6 Å². The molecule has 2 saturated carbocycles. The van der Waals surface area contributed by atoms with Gasteiger partial charge < -0.3 is 20.9 Å². The van der Waals surface area contributed by atoms with Crippen molar-refractivity contribution in [3.05, 3.63) is 46.8 Å². The van der Waals surface area contributed by atoms with Crippen LogP contribution in [0.25, 0.3) is 0 Å². The lowest BCUT2D eigenvalue weighted by Crippen LogP contribution is -2.42. The molecular formula is C21H26N4O3. The Labute approximate surface area is 164 Å². The highest BCUT2D eigenvalue weighted by Gasteiger charge is 2.29. The van der Waals surface area contributed by atoms with Gasteiger partial charge in [-0.1, -0.05) is 5.16 Å². The van der Waals surface area contributed by atoms with Crippen molar-refractivity contribution in [2.75, 3.05) is 5.32 Å². The summed E-state index contributed by atoms with van der Waals surface area (Å²) < 4.78 is 5.23. The lowest BCUT2D eigenvalue weighted by atomic mass is 9.91. The second-order valence-electron chi connectivity index (χ2n) is 7.97. The van der Waals surface area contributed by atoms with E-state index in [4.69, 9.17) is 10.3 Å². The predicted molar refractivity (Wildman–Crippen MR) is 105 cm³/mol. The van der Waals surface area contributed by atoms with Crippen molar-refractivity contribution in [3.63, 3.8) is 0 Å². The Balaban J connectivity index is 1.39. The summed E-state index contributed by atoms with van der Waals surface area (Å²) in [7, 11) is 0. The highest BCUT2D eigenvalue weighted by Crippen LogP contribution is 2.40. The first-order valence-electron chi connectivity index (χ1n) is 9.94. The molecule has 7 nitrogen and oxygen atoms in total. The zero-order valence-corrected chi connectivity index (χ0v) is 16.0. The first-order valence-corrected chi connectivity index (χ1v) is 9.94. The van der Waals surface area contributed by atoms with Crippen LogP contribution in [0, 0.1) is 6.92 Å². The van der Waals surface area contributed by atoms with Crippen LogP contribution in [-0.4, -0.2) is 29.1 Å². The molecule has 0 bridgehead atoms. The lowest BCUT2D eigenvalue weighted by molar-refractivity contribution is 0.0924. The zero-order chi connectivity index (χ0) is 19.7. The average molecular weight is 382 g/mol. The number of aryl methyl sites for hydroxylation is 1. The molecule has 2 atom stereocenters. The molecule has 0 radical (unpaired) electrons. The second-order valence-corrected chi connectivity index (χ2v) is 7.97. The molecule has 28 heavy (non-hydrogen) atoms.